The predicted molar refractivity (Wildman–Crippen MR) is 142 cm³/mol. The Bertz CT molecular complexity index is 1190. The van der Waals surface area contributed by atoms with Gasteiger partial charge in [0.15, 0.2) is 11.0 Å². The molecule has 8 nitrogen and oxygen atoms in total. The number of nitrogens with zero attached hydrogens (tertiary/aromatic N) is 5. The number of hydrogen-bond donors (Lipinski definition) is 1. The minimum absolute atomic E-state index is 0.0885. The molecule has 3 aromatic rings. The molecule has 1 amide bonds. The molecule has 1 aromatic carbocycles. The fourth-order valence-electron chi connectivity index (χ4n) is 5.48. The van der Waals surface area contributed by atoms with Gasteiger partial charge in [-0.3, -0.25) is 9.69 Å². The van der Waals surface area contributed by atoms with Crippen LogP contribution < -0.4 is 5.32 Å². The number of piperazine rings is 1. The van der Waals surface area contributed by atoms with Gasteiger partial charge in [0.05, 0.1) is 16.3 Å². The molecule has 2 aliphatic carbocycles. The molecule has 2 saturated carbocycles. The van der Waals surface area contributed by atoms with E-state index in [1.165, 1.54) is 24.2 Å². The highest BCUT2D eigenvalue weighted by Gasteiger charge is 2.38. The molecular weight excluding hydrogens is 472 g/mol. The normalized spacial score (nSPS) is 23.7. The van der Waals surface area contributed by atoms with Crippen molar-refractivity contribution in [3.05, 3.63) is 36.4 Å². The van der Waals surface area contributed by atoms with Crippen molar-refractivity contribution in [1.82, 2.24) is 24.8 Å². The van der Waals surface area contributed by atoms with Gasteiger partial charge in [-0.05, 0) is 50.4 Å². The van der Waals surface area contributed by atoms with E-state index in [0.717, 1.165) is 79.0 Å². The molecule has 0 bridgehead atoms. The first-order valence-electron chi connectivity index (χ1n) is 13.2. The van der Waals surface area contributed by atoms with E-state index >= 15 is 0 Å². The summed E-state index contributed by atoms with van der Waals surface area (Å²) < 4.78 is 6.97. The summed E-state index contributed by atoms with van der Waals surface area (Å²) >= 11 is 1.52. The number of carbonyl (C=O) groups is 1. The summed E-state index contributed by atoms with van der Waals surface area (Å²) in [5, 5.41) is 3.74. The van der Waals surface area contributed by atoms with Gasteiger partial charge in [-0.15, -0.1) is 0 Å². The van der Waals surface area contributed by atoms with Crippen molar-refractivity contribution >= 4 is 32.6 Å². The average molecular weight is 507 g/mol. The van der Waals surface area contributed by atoms with Crippen LogP contribution in [0.1, 0.15) is 44.3 Å². The lowest BCUT2D eigenvalue weighted by atomic mass is 9.78. The number of aromatic nitrogens is 3. The second kappa shape index (κ2) is 10.5. The number of likely N-dealkylation sites (N-methyl/N-ethyl adjacent to an activating group) is 1. The summed E-state index contributed by atoms with van der Waals surface area (Å²) in [5.74, 6) is 0.911. The topological polar surface area (TPSA) is 83.5 Å². The molecule has 0 unspecified atom stereocenters. The van der Waals surface area contributed by atoms with Gasteiger partial charge in [-0.1, -0.05) is 30.2 Å². The number of rotatable bonds is 7. The van der Waals surface area contributed by atoms with Gasteiger partial charge in [0.2, 0.25) is 5.91 Å². The van der Waals surface area contributed by atoms with Crippen molar-refractivity contribution in [2.45, 2.75) is 57.3 Å². The molecule has 0 atom stereocenters. The Morgan fingerprint density at radius 1 is 1.08 bits per heavy atom. The minimum atomic E-state index is 0.0885. The molecule has 1 N–H and O–H groups in total. The number of ether oxygens (including phenoxy) is 1. The highest BCUT2D eigenvalue weighted by Crippen LogP contribution is 2.35. The number of carbonyl (C=O) groups excluding carboxylic acids is 1. The van der Waals surface area contributed by atoms with Crippen LogP contribution in [0.5, 0.6) is 0 Å². The van der Waals surface area contributed by atoms with Crippen LogP contribution in [0.4, 0.5) is 5.13 Å². The third kappa shape index (κ3) is 5.29. The van der Waals surface area contributed by atoms with E-state index in [0.29, 0.717) is 23.9 Å². The number of fused-ring (bicyclic) bond motifs is 1. The minimum Gasteiger partial charge on any atom is -0.370 e. The highest BCUT2D eigenvalue weighted by atomic mass is 32.1. The molecular formula is C27H34N6O2S. The second-order valence-electron chi connectivity index (χ2n) is 10.5. The third-order valence-corrected chi connectivity index (χ3v) is 8.88. The first-order valence-corrected chi connectivity index (χ1v) is 14.0. The van der Waals surface area contributed by atoms with Crippen LogP contribution in [-0.4, -0.2) is 76.0 Å². The van der Waals surface area contributed by atoms with Crippen LogP contribution in [-0.2, 0) is 16.1 Å². The van der Waals surface area contributed by atoms with E-state index in [1.807, 2.05) is 24.5 Å². The van der Waals surface area contributed by atoms with Crippen LogP contribution in [0.15, 0.2) is 30.6 Å². The monoisotopic (exact) mass is 506 g/mol. The first kappa shape index (κ1) is 23.9. The number of nitrogens with one attached hydrogen (secondary N) is 1. The Morgan fingerprint density at radius 3 is 2.58 bits per heavy atom. The van der Waals surface area contributed by atoms with Crippen LogP contribution >= 0.6 is 11.3 Å². The SMILES string of the molecule is CN1CCN(C2CC(C(=O)Nc3nc4ccc(-c5cnc(COC6CCCC6)nc5)cc4s3)C2)CC1. The maximum absolute atomic E-state index is 12.8. The van der Waals surface area contributed by atoms with E-state index in [-0.39, 0.29) is 11.8 Å². The lowest BCUT2D eigenvalue weighted by molar-refractivity contribution is -0.124. The summed E-state index contributed by atoms with van der Waals surface area (Å²) in [4.78, 5) is 31.4. The van der Waals surface area contributed by atoms with E-state index in [2.05, 4.69) is 43.2 Å². The molecule has 3 fully saturated rings. The molecule has 9 heteroatoms. The largest absolute Gasteiger partial charge is 0.370 e. The molecule has 1 saturated heterocycles. The lowest BCUT2D eigenvalue weighted by Gasteiger charge is -2.45. The van der Waals surface area contributed by atoms with Crippen molar-refractivity contribution in [1.29, 1.82) is 0 Å². The average Bonchev–Trinajstić information content (AvgIpc) is 3.52. The summed E-state index contributed by atoms with van der Waals surface area (Å²) in [6, 6.07) is 6.69. The van der Waals surface area contributed by atoms with Crippen molar-refractivity contribution in [3.8, 4) is 11.1 Å². The Balaban J connectivity index is 1.04. The van der Waals surface area contributed by atoms with Crippen molar-refractivity contribution < 1.29 is 9.53 Å². The fraction of sp³-hybridized carbons (Fsp3) is 0.556. The molecule has 2 aromatic heterocycles. The van der Waals surface area contributed by atoms with Crippen molar-refractivity contribution in [3.63, 3.8) is 0 Å². The van der Waals surface area contributed by atoms with Crippen LogP contribution in [0.3, 0.4) is 0 Å². The quantitative estimate of drug-likeness (QED) is 0.515. The van der Waals surface area contributed by atoms with E-state index in [1.54, 1.807) is 0 Å². The molecule has 0 radical (unpaired) electrons. The molecule has 3 heterocycles. The van der Waals surface area contributed by atoms with E-state index < -0.39 is 0 Å². The molecule has 6 rings (SSSR count). The van der Waals surface area contributed by atoms with Crippen molar-refractivity contribution in [2.75, 3.05) is 38.5 Å². The summed E-state index contributed by atoms with van der Waals surface area (Å²) in [6.45, 7) is 4.92. The van der Waals surface area contributed by atoms with Crippen LogP contribution in [0, 0.1) is 5.92 Å². The maximum Gasteiger partial charge on any atom is 0.229 e. The van der Waals surface area contributed by atoms with Crippen LogP contribution in [0.25, 0.3) is 21.3 Å². The van der Waals surface area contributed by atoms with Crippen LogP contribution in [0.2, 0.25) is 0 Å². The maximum atomic E-state index is 12.8. The van der Waals surface area contributed by atoms with Gasteiger partial charge in [0, 0.05) is 56.1 Å². The number of hydrogen-bond acceptors (Lipinski definition) is 8. The Labute approximate surface area is 216 Å². The first-order chi connectivity index (χ1) is 17.6. The van der Waals surface area contributed by atoms with Crippen molar-refractivity contribution in [2.24, 2.45) is 5.92 Å². The fourth-order valence-corrected chi connectivity index (χ4v) is 6.39. The molecule has 190 valence electrons. The predicted octanol–water partition coefficient (Wildman–Crippen LogP) is 4.18. The Kier molecular flexibility index (Phi) is 6.97. The van der Waals surface area contributed by atoms with E-state index in [4.69, 9.17) is 4.74 Å². The van der Waals surface area contributed by atoms with E-state index in [9.17, 15) is 4.79 Å². The van der Waals surface area contributed by atoms with Gasteiger partial charge in [-0.25, -0.2) is 15.0 Å². The molecule has 0 spiro atoms. The number of thiazole rings is 1. The number of amides is 1. The van der Waals surface area contributed by atoms with Gasteiger partial charge < -0.3 is 15.0 Å². The zero-order valence-corrected chi connectivity index (χ0v) is 21.7. The van der Waals surface area contributed by atoms with Gasteiger partial charge in [-0.2, -0.15) is 0 Å². The Hall–Kier alpha value is -2.46. The molecule has 1 aliphatic heterocycles. The standard InChI is InChI=1S/C27H34N6O2S/c1-32-8-10-33(11-9-32)21-12-19(13-21)26(34)31-27-30-23-7-6-18(14-24(23)36-27)20-15-28-25(29-16-20)17-35-22-4-2-3-5-22/h6-7,14-16,19,21-22H,2-5,8-13,17H2,1H3,(H,30,31,34). The molecule has 3 aliphatic rings. The summed E-state index contributed by atoms with van der Waals surface area (Å²) in [6.07, 6.45) is 10.8. The summed E-state index contributed by atoms with van der Waals surface area (Å²) in [5.41, 5.74) is 2.90. The Morgan fingerprint density at radius 2 is 1.83 bits per heavy atom. The smallest absolute Gasteiger partial charge is 0.229 e. The molecule has 36 heavy (non-hydrogen) atoms. The lowest BCUT2D eigenvalue weighted by Crippen LogP contribution is -2.54. The zero-order valence-electron chi connectivity index (χ0n) is 20.9. The highest BCUT2D eigenvalue weighted by molar-refractivity contribution is 7.22. The second-order valence-corrected chi connectivity index (χ2v) is 11.5. The van der Waals surface area contributed by atoms with Gasteiger partial charge in [0.1, 0.15) is 6.61 Å². The van der Waals surface area contributed by atoms with Gasteiger partial charge in [0.25, 0.3) is 0 Å². The third-order valence-electron chi connectivity index (χ3n) is 7.95. The number of anilines is 1. The van der Waals surface area contributed by atoms with Gasteiger partial charge >= 0.3 is 0 Å². The summed E-state index contributed by atoms with van der Waals surface area (Å²) in [7, 11) is 2.17. The zero-order chi connectivity index (χ0) is 24.5. The number of benzene rings is 1.